The Morgan fingerprint density at radius 1 is 1.38 bits per heavy atom. The topological polar surface area (TPSA) is 46.2 Å². The van der Waals surface area contributed by atoms with E-state index in [4.69, 9.17) is 17.3 Å². The second kappa shape index (κ2) is 4.61. The van der Waals surface area contributed by atoms with E-state index >= 15 is 0 Å². The molecule has 0 saturated heterocycles. The van der Waals surface area contributed by atoms with Gasteiger partial charge in [0.1, 0.15) is 0 Å². The Balaban J connectivity index is 3.19. The lowest BCUT2D eigenvalue weighted by molar-refractivity contribution is -0.137. The molecule has 6 heteroatoms. The van der Waals surface area contributed by atoms with E-state index < -0.39 is 23.9 Å². The predicted molar refractivity (Wildman–Crippen MR) is 55.1 cm³/mol. The Kier molecular flexibility index (Phi) is 3.83. The van der Waals surface area contributed by atoms with E-state index in [1.165, 1.54) is 6.92 Å². The molecule has 0 fully saturated rings. The minimum atomic E-state index is -4.46. The maximum Gasteiger partial charge on any atom is 0.416 e. The van der Waals surface area contributed by atoms with Crippen molar-refractivity contribution in [2.45, 2.75) is 25.2 Å². The smallest absolute Gasteiger partial charge is 0.387 e. The number of hydrogen-bond acceptors (Lipinski definition) is 2. The van der Waals surface area contributed by atoms with Gasteiger partial charge in [-0.25, -0.2) is 0 Å². The van der Waals surface area contributed by atoms with Crippen LogP contribution < -0.4 is 5.73 Å². The molecule has 0 aliphatic rings. The number of aliphatic hydroxyl groups is 1. The van der Waals surface area contributed by atoms with E-state index in [0.29, 0.717) is 0 Å². The highest BCUT2D eigenvalue weighted by Crippen LogP contribution is 2.34. The molecule has 0 spiro atoms. The van der Waals surface area contributed by atoms with Gasteiger partial charge in [-0.1, -0.05) is 11.6 Å². The first-order valence-corrected chi connectivity index (χ1v) is 4.91. The molecule has 90 valence electrons. The molecule has 16 heavy (non-hydrogen) atoms. The van der Waals surface area contributed by atoms with Crippen LogP contribution in [0.5, 0.6) is 0 Å². The van der Waals surface area contributed by atoms with E-state index in [-0.39, 0.29) is 10.6 Å². The third kappa shape index (κ3) is 2.87. The Morgan fingerprint density at radius 3 is 2.38 bits per heavy atom. The third-order valence-electron chi connectivity index (χ3n) is 2.14. The zero-order valence-electron chi connectivity index (χ0n) is 8.42. The third-order valence-corrected chi connectivity index (χ3v) is 2.48. The number of rotatable bonds is 2. The molecule has 0 radical (unpaired) electrons. The molecule has 2 nitrogen and oxygen atoms in total. The molecule has 0 unspecified atom stereocenters. The van der Waals surface area contributed by atoms with Crippen LogP contribution in [0.15, 0.2) is 18.2 Å². The molecule has 1 aromatic carbocycles. The van der Waals surface area contributed by atoms with Crippen LogP contribution in [-0.4, -0.2) is 11.1 Å². The summed E-state index contributed by atoms with van der Waals surface area (Å²) in [4.78, 5) is 0. The Morgan fingerprint density at radius 2 is 1.94 bits per heavy atom. The standard InChI is InChI=1S/C10H11ClF3NO/c1-5(15)9(16)7-4-6(10(12,13)14)2-3-8(7)11/h2-5,9,16H,15H2,1H3/t5-,9-/m1/s1. The van der Waals surface area contributed by atoms with Crippen LogP contribution in [0.25, 0.3) is 0 Å². The molecule has 0 saturated carbocycles. The van der Waals surface area contributed by atoms with Crippen molar-refractivity contribution >= 4 is 11.6 Å². The number of benzene rings is 1. The fourth-order valence-electron chi connectivity index (χ4n) is 1.23. The van der Waals surface area contributed by atoms with Gasteiger partial charge >= 0.3 is 6.18 Å². The van der Waals surface area contributed by atoms with Gasteiger partial charge in [0.15, 0.2) is 0 Å². The molecule has 1 rings (SSSR count). The van der Waals surface area contributed by atoms with Crippen molar-refractivity contribution < 1.29 is 18.3 Å². The van der Waals surface area contributed by atoms with Crippen LogP contribution in [0.3, 0.4) is 0 Å². The van der Waals surface area contributed by atoms with Crippen molar-refractivity contribution in [3.8, 4) is 0 Å². The molecule has 0 amide bonds. The maximum absolute atomic E-state index is 12.4. The summed E-state index contributed by atoms with van der Waals surface area (Å²) in [5, 5.41) is 9.66. The summed E-state index contributed by atoms with van der Waals surface area (Å²) in [6.07, 6.45) is -5.67. The zero-order chi connectivity index (χ0) is 12.5. The van der Waals surface area contributed by atoms with Crippen molar-refractivity contribution in [1.82, 2.24) is 0 Å². The maximum atomic E-state index is 12.4. The van der Waals surface area contributed by atoms with Crippen molar-refractivity contribution in [1.29, 1.82) is 0 Å². The lowest BCUT2D eigenvalue weighted by Gasteiger charge is -2.18. The molecule has 0 aliphatic carbocycles. The van der Waals surface area contributed by atoms with E-state index in [2.05, 4.69) is 0 Å². The van der Waals surface area contributed by atoms with Gasteiger partial charge in [-0.2, -0.15) is 13.2 Å². The van der Waals surface area contributed by atoms with Crippen molar-refractivity contribution in [3.63, 3.8) is 0 Å². The summed E-state index contributed by atoms with van der Waals surface area (Å²) in [6.45, 7) is 1.49. The lowest BCUT2D eigenvalue weighted by atomic mass is 10.0. The molecule has 0 aromatic heterocycles. The molecule has 1 aromatic rings. The monoisotopic (exact) mass is 253 g/mol. The van der Waals surface area contributed by atoms with Crippen LogP contribution in [0.4, 0.5) is 13.2 Å². The van der Waals surface area contributed by atoms with E-state index in [1.807, 2.05) is 0 Å². The van der Waals surface area contributed by atoms with Crippen molar-refractivity contribution in [2.75, 3.05) is 0 Å². The summed E-state index contributed by atoms with van der Waals surface area (Å²) < 4.78 is 37.2. The van der Waals surface area contributed by atoms with Gasteiger partial charge in [-0.3, -0.25) is 0 Å². The van der Waals surface area contributed by atoms with Crippen molar-refractivity contribution in [2.24, 2.45) is 5.73 Å². The molecule has 0 aliphatic heterocycles. The Hall–Kier alpha value is -0.780. The summed E-state index contributed by atoms with van der Waals surface area (Å²) in [5.74, 6) is 0. The normalized spacial score (nSPS) is 15.9. The second-order valence-electron chi connectivity index (χ2n) is 3.54. The molecular formula is C10H11ClF3NO. The molecule has 3 N–H and O–H groups in total. The first-order chi connectivity index (χ1) is 7.23. The fourth-order valence-corrected chi connectivity index (χ4v) is 1.46. The highest BCUT2D eigenvalue weighted by molar-refractivity contribution is 6.31. The largest absolute Gasteiger partial charge is 0.416 e. The molecular weight excluding hydrogens is 243 g/mol. The lowest BCUT2D eigenvalue weighted by Crippen LogP contribution is -2.25. The van der Waals surface area contributed by atoms with Crippen LogP contribution in [0.1, 0.15) is 24.2 Å². The van der Waals surface area contributed by atoms with E-state index in [0.717, 1.165) is 18.2 Å². The average Bonchev–Trinajstić information content (AvgIpc) is 2.15. The quantitative estimate of drug-likeness (QED) is 0.851. The summed E-state index contributed by atoms with van der Waals surface area (Å²) in [6, 6.07) is 2.09. The average molecular weight is 254 g/mol. The second-order valence-corrected chi connectivity index (χ2v) is 3.95. The van der Waals surface area contributed by atoms with Gasteiger partial charge in [-0.15, -0.1) is 0 Å². The van der Waals surface area contributed by atoms with Gasteiger partial charge in [0, 0.05) is 16.6 Å². The highest BCUT2D eigenvalue weighted by atomic mass is 35.5. The number of nitrogens with two attached hydrogens (primary N) is 1. The van der Waals surface area contributed by atoms with Gasteiger partial charge in [0.2, 0.25) is 0 Å². The SMILES string of the molecule is C[C@@H](N)[C@@H](O)c1cc(C(F)(F)F)ccc1Cl. The number of halogens is 4. The van der Waals surface area contributed by atoms with Crippen LogP contribution in [-0.2, 0) is 6.18 Å². The van der Waals surface area contributed by atoms with E-state index in [1.54, 1.807) is 0 Å². The summed E-state index contributed by atoms with van der Waals surface area (Å²) in [7, 11) is 0. The van der Waals surface area contributed by atoms with Crippen molar-refractivity contribution in [3.05, 3.63) is 34.3 Å². The highest BCUT2D eigenvalue weighted by Gasteiger charge is 2.31. The van der Waals surface area contributed by atoms with Gasteiger partial charge in [0.05, 0.1) is 11.7 Å². The van der Waals surface area contributed by atoms with Crippen LogP contribution >= 0.6 is 11.6 Å². The van der Waals surface area contributed by atoms with Crippen LogP contribution in [0, 0.1) is 0 Å². The van der Waals surface area contributed by atoms with E-state index in [9.17, 15) is 18.3 Å². The molecule has 0 bridgehead atoms. The van der Waals surface area contributed by atoms with Gasteiger partial charge in [0.25, 0.3) is 0 Å². The molecule has 2 atom stereocenters. The Labute approximate surface area is 95.8 Å². The first kappa shape index (κ1) is 13.3. The predicted octanol–water partition coefficient (Wildman–Crippen LogP) is 2.74. The minimum Gasteiger partial charge on any atom is -0.387 e. The minimum absolute atomic E-state index is 0.00788. The molecule has 0 heterocycles. The first-order valence-electron chi connectivity index (χ1n) is 4.53. The van der Waals surface area contributed by atoms with Crippen LogP contribution in [0.2, 0.25) is 5.02 Å². The number of alkyl halides is 3. The van der Waals surface area contributed by atoms with Gasteiger partial charge in [-0.05, 0) is 25.1 Å². The number of hydrogen-bond donors (Lipinski definition) is 2. The van der Waals surface area contributed by atoms with Gasteiger partial charge < -0.3 is 10.8 Å². The summed E-state index contributed by atoms with van der Waals surface area (Å²) in [5.41, 5.74) is 4.54. The zero-order valence-corrected chi connectivity index (χ0v) is 9.18. The fraction of sp³-hybridized carbons (Fsp3) is 0.400. The summed E-state index contributed by atoms with van der Waals surface area (Å²) >= 11 is 5.70. The Bertz CT molecular complexity index is 379. The number of aliphatic hydroxyl groups excluding tert-OH is 1.